The number of nitrogens with two attached hydrogens (primary N) is 1. The highest BCUT2D eigenvalue weighted by atomic mass is 15.0. The lowest BCUT2D eigenvalue weighted by Crippen LogP contribution is -2.27. The molecule has 0 aliphatic carbocycles. The van der Waals surface area contributed by atoms with Crippen molar-refractivity contribution in [3.05, 3.63) is 72.6 Å². The molecule has 2 aromatic carbocycles. The molecule has 0 radical (unpaired) electrons. The number of hydrogen-bond acceptors (Lipinski definition) is 3. The number of nitrogens with zero attached hydrogens (tertiary/aromatic N) is 2. The number of benzene rings is 2. The van der Waals surface area contributed by atoms with E-state index in [-0.39, 0.29) is 16.9 Å². The summed E-state index contributed by atoms with van der Waals surface area (Å²) in [5.74, 6) is 1.85. The molecule has 2 heterocycles. The topological polar surface area (TPSA) is 83.4 Å². The first-order valence-electron chi connectivity index (χ1n) is 11.6. The SMILES string of the molecule is CC(C)(C)Cc1nc(-c2ccc(-c3ccc(-c4c[nH]c(C(N)C(C)(C)C)n4)cc3)cc2)c[nH]1. The molecule has 5 nitrogen and oxygen atoms in total. The third-order valence-corrected chi connectivity index (χ3v) is 5.85. The zero-order chi connectivity index (χ0) is 23.8. The second kappa shape index (κ2) is 8.64. The van der Waals surface area contributed by atoms with Gasteiger partial charge in [-0.15, -0.1) is 0 Å². The first kappa shape index (κ1) is 23.0. The lowest BCUT2D eigenvalue weighted by Gasteiger charge is -2.24. The van der Waals surface area contributed by atoms with E-state index in [4.69, 9.17) is 15.7 Å². The predicted molar refractivity (Wildman–Crippen MR) is 137 cm³/mol. The molecule has 33 heavy (non-hydrogen) atoms. The molecule has 0 fully saturated rings. The summed E-state index contributed by atoms with van der Waals surface area (Å²) in [5.41, 5.74) is 12.9. The van der Waals surface area contributed by atoms with Gasteiger partial charge in [0.1, 0.15) is 11.6 Å². The van der Waals surface area contributed by atoms with Gasteiger partial charge < -0.3 is 15.7 Å². The van der Waals surface area contributed by atoms with Crippen molar-refractivity contribution in [2.75, 3.05) is 0 Å². The predicted octanol–water partition coefficient (Wildman–Crippen LogP) is 6.77. The molecular weight excluding hydrogens is 406 g/mol. The first-order chi connectivity index (χ1) is 15.5. The minimum absolute atomic E-state index is 0.0464. The fraction of sp³-hybridized carbons (Fsp3) is 0.357. The van der Waals surface area contributed by atoms with Crippen molar-refractivity contribution < 1.29 is 0 Å². The van der Waals surface area contributed by atoms with Crippen LogP contribution in [0.25, 0.3) is 33.6 Å². The standard InChI is InChI=1S/C28H35N5/c1-27(2,3)15-24-30-16-22(32-24)20-11-7-18(8-12-20)19-9-13-21(14-10-19)23-17-31-26(33-23)25(29)28(4,5)6/h7-14,16-17,25H,15,29H2,1-6H3,(H,30,32)(H,31,33). The lowest BCUT2D eigenvalue weighted by molar-refractivity contribution is 0.317. The van der Waals surface area contributed by atoms with Crippen molar-refractivity contribution in [2.45, 2.75) is 54.0 Å². The maximum atomic E-state index is 6.35. The molecule has 0 saturated heterocycles. The van der Waals surface area contributed by atoms with Crippen LogP contribution in [0.4, 0.5) is 0 Å². The van der Waals surface area contributed by atoms with Crippen molar-refractivity contribution in [3.63, 3.8) is 0 Å². The molecule has 172 valence electrons. The van der Waals surface area contributed by atoms with Crippen LogP contribution >= 0.6 is 0 Å². The molecule has 4 aromatic rings. The molecule has 4 N–H and O–H groups in total. The highest BCUT2D eigenvalue weighted by Crippen LogP contribution is 2.31. The highest BCUT2D eigenvalue weighted by Gasteiger charge is 2.25. The molecule has 4 rings (SSSR count). The van der Waals surface area contributed by atoms with Crippen molar-refractivity contribution >= 4 is 0 Å². The molecule has 2 aromatic heterocycles. The Kier molecular flexibility index (Phi) is 6.02. The minimum Gasteiger partial charge on any atom is -0.348 e. The molecule has 0 aliphatic rings. The van der Waals surface area contributed by atoms with Crippen molar-refractivity contribution in [2.24, 2.45) is 16.6 Å². The van der Waals surface area contributed by atoms with E-state index in [9.17, 15) is 0 Å². The van der Waals surface area contributed by atoms with E-state index in [2.05, 4.69) is 100 Å². The summed E-state index contributed by atoms with van der Waals surface area (Å²) in [6, 6.07) is 16.9. The van der Waals surface area contributed by atoms with Gasteiger partial charge >= 0.3 is 0 Å². The van der Waals surface area contributed by atoms with Crippen molar-refractivity contribution in [1.29, 1.82) is 0 Å². The summed E-state index contributed by atoms with van der Waals surface area (Å²) in [5, 5.41) is 0. The summed E-state index contributed by atoms with van der Waals surface area (Å²) < 4.78 is 0. The van der Waals surface area contributed by atoms with Gasteiger partial charge in [-0.05, 0) is 22.0 Å². The summed E-state index contributed by atoms with van der Waals surface area (Å²) in [6.07, 6.45) is 4.86. The van der Waals surface area contributed by atoms with Crippen molar-refractivity contribution in [3.8, 4) is 33.6 Å². The van der Waals surface area contributed by atoms with E-state index in [0.29, 0.717) is 0 Å². The maximum absolute atomic E-state index is 6.35. The van der Waals surface area contributed by atoms with Gasteiger partial charge in [0.05, 0.1) is 17.4 Å². The van der Waals surface area contributed by atoms with E-state index in [1.807, 2.05) is 12.4 Å². The largest absolute Gasteiger partial charge is 0.348 e. The van der Waals surface area contributed by atoms with Gasteiger partial charge in [-0.1, -0.05) is 90.1 Å². The smallest absolute Gasteiger partial charge is 0.124 e. The lowest BCUT2D eigenvalue weighted by atomic mass is 9.87. The van der Waals surface area contributed by atoms with Crippen LogP contribution in [0.5, 0.6) is 0 Å². The van der Waals surface area contributed by atoms with Gasteiger partial charge in [-0.3, -0.25) is 0 Å². The summed E-state index contributed by atoms with van der Waals surface area (Å²) in [7, 11) is 0. The third kappa shape index (κ3) is 5.42. The van der Waals surface area contributed by atoms with Gasteiger partial charge in [0, 0.05) is 29.9 Å². The fourth-order valence-electron chi connectivity index (χ4n) is 3.82. The Balaban J connectivity index is 1.48. The van der Waals surface area contributed by atoms with E-state index in [0.717, 1.165) is 40.6 Å². The van der Waals surface area contributed by atoms with E-state index < -0.39 is 0 Å². The van der Waals surface area contributed by atoms with Gasteiger partial charge in [0.15, 0.2) is 0 Å². The molecule has 1 atom stereocenters. The molecule has 0 aliphatic heterocycles. The average molecular weight is 442 g/mol. The Bertz CT molecular complexity index is 1200. The number of nitrogens with one attached hydrogen (secondary N) is 2. The third-order valence-electron chi connectivity index (χ3n) is 5.85. The van der Waals surface area contributed by atoms with Gasteiger partial charge in [0.2, 0.25) is 0 Å². The van der Waals surface area contributed by atoms with Gasteiger partial charge in [0.25, 0.3) is 0 Å². The van der Waals surface area contributed by atoms with Crippen LogP contribution in [0.1, 0.15) is 59.2 Å². The molecule has 0 bridgehead atoms. The van der Waals surface area contributed by atoms with E-state index in [1.54, 1.807) is 0 Å². The molecule has 0 saturated carbocycles. The number of H-pyrrole nitrogens is 2. The van der Waals surface area contributed by atoms with Gasteiger partial charge in [-0.25, -0.2) is 9.97 Å². The molecule has 1 unspecified atom stereocenters. The summed E-state index contributed by atoms with van der Waals surface area (Å²) in [4.78, 5) is 16.1. The Hall–Kier alpha value is -3.18. The van der Waals surface area contributed by atoms with E-state index in [1.165, 1.54) is 11.1 Å². The van der Waals surface area contributed by atoms with Crippen LogP contribution in [0, 0.1) is 10.8 Å². The monoisotopic (exact) mass is 441 g/mol. The number of hydrogen-bond donors (Lipinski definition) is 3. The van der Waals surface area contributed by atoms with Crippen LogP contribution in [-0.2, 0) is 6.42 Å². The van der Waals surface area contributed by atoms with Crippen LogP contribution < -0.4 is 5.73 Å². The normalized spacial score (nSPS) is 13.3. The number of aromatic nitrogens is 4. The van der Waals surface area contributed by atoms with Gasteiger partial charge in [-0.2, -0.15) is 0 Å². The average Bonchev–Trinajstić information content (AvgIpc) is 3.42. The first-order valence-corrected chi connectivity index (χ1v) is 11.6. The van der Waals surface area contributed by atoms with Crippen molar-refractivity contribution in [1.82, 2.24) is 19.9 Å². The number of aromatic amines is 2. The maximum Gasteiger partial charge on any atom is 0.124 e. The van der Waals surface area contributed by atoms with E-state index >= 15 is 0 Å². The zero-order valence-corrected chi connectivity index (χ0v) is 20.5. The second-order valence-electron chi connectivity index (χ2n) is 11.1. The zero-order valence-electron chi connectivity index (χ0n) is 20.5. The van der Waals surface area contributed by atoms with Crippen LogP contribution in [0.15, 0.2) is 60.9 Å². The van der Waals surface area contributed by atoms with Crippen LogP contribution in [0.2, 0.25) is 0 Å². The number of imidazole rings is 2. The van der Waals surface area contributed by atoms with Crippen LogP contribution in [-0.4, -0.2) is 19.9 Å². The Labute approximate surface area is 196 Å². The summed E-state index contributed by atoms with van der Waals surface area (Å²) in [6.45, 7) is 13.0. The Morgan fingerprint density at radius 2 is 1.15 bits per heavy atom. The second-order valence-corrected chi connectivity index (χ2v) is 11.1. The minimum atomic E-state index is -0.136. The molecule has 0 spiro atoms. The molecule has 5 heteroatoms. The quantitative estimate of drug-likeness (QED) is 0.319. The van der Waals surface area contributed by atoms with Crippen LogP contribution in [0.3, 0.4) is 0 Å². The Morgan fingerprint density at radius 1 is 0.697 bits per heavy atom. The molecule has 0 amide bonds. The highest BCUT2D eigenvalue weighted by molar-refractivity contribution is 5.71. The molecular formula is C28H35N5. The Morgan fingerprint density at radius 3 is 1.64 bits per heavy atom. The number of rotatable bonds is 5. The fourth-order valence-corrected chi connectivity index (χ4v) is 3.82. The summed E-state index contributed by atoms with van der Waals surface area (Å²) >= 11 is 0.